The summed E-state index contributed by atoms with van der Waals surface area (Å²) >= 11 is 5.46. The minimum atomic E-state index is -0.266. The first kappa shape index (κ1) is 11.9. The zero-order valence-electron chi connectivity index (χ0n) is 8.41. The molecule has 0 unspecified atom stereocenters. The number of halogens is 1. The molecule has 0 heterocycles. The van der Waals surface area contributed by atoms with Crippen LogP contribution in [0.3, 0.4) is 0 Å². The molecule has 0 aliphatic rings. The minimum absolute atomic E-state index is 0.217. The summed E-state index contributed by atoms with van der Waals surface area (Å²) in [6, 6.07) is 7.26. The van der Waals surface area contributed by atoms with Gasteiger partial charge in [0.25, 0.3) is 0 Å². The third-order valence-electron chi connectivity index (χ3n) is 1.93. The van der Waals surface area contributed by atoms with E-state index in [2.05, 4.69) is 0 Å². The van der Waals surface area contributed by atoms with Gasteiger partial charge < -0.3 is 10.5 Å². The molecule has 0 amide bonds. The molecule has 1 aromatic rings. The van der Waals surface area contributed by atoms with Crippen molar-refractivity contribution in [2.75, 3.05) is 18.2 Å². The van der Waals surface area contributed by atoms with Gasteiger partial charge in [0.2, 0.25) is 0 Å². The van der Waals surface area contributed by atoms with Crippen LogP contribution in [0.25, 0.3) is 0 Å². The standard InChI is InChI=1S/C11H14ClNO2/c12-6-3-7-15-11(14)8-9-4-1-2-5-10(9)13/h1-2,4-5H,3,6-8,13H2. The first-order valence-corrected chi connectivity index (χ1v) is 5.32. The first-order valence-electron chi connectivity index (χ1n) is 4.79. The van der Waals surface area contributed by atoms with Crippen LogP contribution in [0.15, 0.2) is 24.3 Å². The van der Waals surface area contributed by atoms with Crippen molar-refractivity contribution in [2.45, 2.75) is 12.8 Å². The highest BCUT2D eigenvalue weighted by molar-refractivity contribution is 6.17. The number of hydrogen-bond acceptors (Lipinski definition) is 3. The number of rotatable bonds is 5. The number of carbonyl (C=O) groups excluding carboxylic acids is 1. The van der Waals surface area contributed by atoms with E-state index in [4.69, 9.17) is 22.1 Å². The number of nitrogen functional groups attached to an aromatic ring is 1. The van der Waals surface area contributed by atoms with E-state index in [1.54, 1.807) is 6.07 Å². The second-order valence-corrected chi connectivity index (χ2v) is 3.52. The highest BCUT2D eigenvalue weighted by atomic mass is 35.5. The Bertz CT molecular complexity index is 328. The summed E-state index contributed by atoms with van der Waals surface area (Å²) < 4.78 is 4.96. The normalized spacial score (nSPS) is 9.93. The van der Waals surface area contributed by atoms with Crippen LogP contribution in [0.5, 0.6) is 0 Å². The van der Waals surface area contributed by atoms with Crippen molar-refractivity contribution in [3.05, 3.63) is 29.8 Å². The van der Waals surface area contributed by atoms with E-state index in [1.807, 2.05) is 18.2 Å². The van der Waals surface area contributed by atoms with Crippen molar-refractivity contribution < 1.29 is 9.53 Å². The molecule has 0 saturated carbocycles. The van der Waals surface area contributed by atoms with Gasteiger partial charge in [0.15, 0.2) is 0 Å². The molecule has 1 aromatic carbocycles. The average molecular weight is 228 g/mol. The molecule has 0 bridgehead atoms. The van der Waals surface area contributed by atoms with Gasteiger partial charge in [-0.2, -0.15) is 0 Å². The summed E-state index contributed by atoms with van der Waals surface area (Å²) in [7, 11) is 0. The van der Waals surface area contributed by atoms with Crippen LogP contribution in [-0.2, 0) is 16.0 Å². The molecule has 0 spiro atoms. The fourth-order valence-electron chi connectivity index (χ4n) is 1.14. The number of esters is 1. The summed E-state index contributed by atoms with van der Waals surface area (Å²) in [5.41, 5.74) is 7.11. The Labute approximate surface area is 94.2 Å². The minimum Gasteiger partial charge on any atom is -0.465 e. The van der Waals surface area contributed by atoms with E-state index in [-0.39, 0.29) is 12.4 Å². The topological polar surface area (TPSA) is 52.3 Å². The van der Waals surface area contributed by atoms with Gasteiger partial charge in [-0.05, 0) is 18.1 Å². The fraction of sp³-hybridized carbons (Fsp3) is 0.364. The van der Waals surface area contributed by atoms with Crippen LogP contribution < -0.4 is 5.73 Å². The molecule has 0 fully saturated rings. The summed E-state index contributed by atoms with van der Waals surface area (Å²) in [6.45, 7) is 0.370. The predicted molar refractivity (Wildman–Crippen MR) is 60.9 cm³/mol. The molecule has 1 rings (SSSR count). The molecule has 15 heavy (non-hydrogen) atoms. The third-order valence-corrected chi connectivity index (χ3v) is 2.20. The molecule has 0 aromatic heterocycles. The van der Waals surface area contributed by atoms with Crippen molar-refractivity contribution in [1.82, 2.24) is 0 Å². The van der Waals surface area contributed by atoms with Gasteiger partial charge in [-0.1, -0.05) is 18.2 Å². The molecule has 82 valence electrons. The number of hydrogen-bond donors (Lipinski definition) is 1. The van der Waals surface area contributed by atoms with E-state index in [9.17, 15) is 4.79 Å². The van der Waals surface area contributed by atoms with Crippen LogP contribution in [0.2, 0.25) is 0 Å². The lowest BCUT2D eigenvalue weighted by Crippen LogP contribution is -2.10. The van der Waals surface area contributed by atoms with Gasteiger partial charge in [0, 0.05) is 11.6 Å². The summed E-state index contributed by atoms with van der Waals surface area (Å²) in [5, 5.41) is 0. The summed E-state index contributed by atoms with van der Waals surface area (Å²) in [4.78, 5) is 11.3. The van der Waals surface area contributed by atoms with Crippen LogP contribution in [0, 0.1) is 0 Å². The lowest BCUT2D eigenvalue weighted by Gasteiger charge is -2.05. The van der Waals surface area contributed by atoms with Gasteiger partial charge in [0.1, 0.15) is 0 Å². The number of nitrogens with two attached hydrogens (primary N) is 1. The molecule has 0 aliphatic heterocycles. The largest absolute Gasteiger partial charge is 0.465 e. The lowest BCUT2D eigenvalue weighted by molar-refractivity contribution is -0.142. The van der Waals surface area contributed by atoms with E-state index in [0.717, 1.165) is 5.56 Å². The Morgan fingerprint density at radius 1 is 1.40 bits per heavy atom. The number of alkyl halides is 1. The second-order valence-electron chi connectivity index (χ2n) is 3.14. The lowest BCUT2D eigenvalue weighted by atomic mass is 10.1. The van der Waals surface area contributed by atoms with Crippen molar-refractivity contribution in [3.8, 4) is 0 Å². The number of anilines is 1. The molecule has 0 saturated heterocycles. The maximum absolute atomic E-state index is 11.3. The Morgan fingerprint density at radius 2 is 2.13 bits per heavy atom. The summed E-state index contributed by atoms with van der Waals surface area (Å²) in [5.74, 6) is 0.235. The smallest absolute Gasteiger partial charge is 0.310 e. The van der Waals surface area contributed by atoms with E-state index >= 15 is 0 Å². The Balaban J connectivity index is 2.41. The molecule has 0 atom stereocenters. The molecule has 0 aliphatic carbocycles. The average Bonchev–Trinajstić information content (AvgIpc) is 2.22. The fourth-order valence-corrected chi connectivity index (χ4v) is 1.25. The van der Waals surface area contributed by atoms with E-state index in [0.29, 0.717) is 24.6 Å². The maximum Gasteiger partial charge on any atom is 0.310 e. The summed E-state index contributed by atoms with van der Waals surface area (Å²) in [6.07, 6.45) is 0.895. The first-order chi connectivity index (χ1) is 7.24. The van der Waals surface area contributed by atoms with Crippen molar-refractivity contribution >= 4 is 23.3 Å². The van der Waals surface area contributed by atoms with Gasteiger partial charge in [-0.25, -0.2) is 0 Å². The van der Waals surface area contributed by atoms with Gasteiger partial charge in [-0.15, -0.1) is 11.6 Å². The molecule has 0 radical (unpaired) electrons. The Hall–Kier alpha value is -1.22. The molecule has 3 nitrogen and oxygen atoms in total. The zero-order valence-corrected chi connectivity index (χ0v) is 9.17. The number of carbonyl (C=O) groups is 1. The number of ether oxygens (including phenoxy) is 1. The third kappa shape index (κ3) is 4.21. The monoisotopic (exact) mass is 227 g/mol. The van der Waals surface area contributed by atoms with Crippen molar-refractivity contribution in [1.29, 1.82) is 0 Å². The Kier molecular flexibility index (Phi) is 4.98. The molecular formula is C11H14ClNO2. The number of benzene rings is 1. The van der Waals surface area contributed by atoms with Crippen LogP contribution in [-0.4, -0.2) is 18.5 Å². The number of para-hydroxylation sites is 1. The van der Waals surface area contributed by atoms with Gasteiger partial charge in [-0.3, -0.25) is 4.79 Å². The maximum atomic E-state index is 11.3. The zero-order chi connectivity index (χ0) is 11.1. The quantitative estimate of drug-likeness (QED) is 0.362. The van der Waals surface area contributed by atoms with Gasteiger partial charge >= 0.3 is 5.97 Å². The van der Waals surface area contributed by atoms with Crippen molar-refractivity contribution in [2.24, 2.45) is 0 Å². The van der Waals surface area contributed by atoms with E-state index < -0.39 is 0 Å². The van der Waals surface area contributed by atoms with Crippen molar-refractivity contribution in [3.63, 3.8) is 0 Å². The van der Waals surface area contributed by atoms with Crippen LogP contribution in [0.1, 0.15) is 12.0 Å². The molecule has 4 heteroatoms. The van der Waals surface area contributed by atoms with Gasteiger partial charge in [0.05, 0.1) is 13.0 Å². The van der Waals surface area contributed by atoms with Crippen LogP contribution in [0.4, 0.5) is 5.69 Å². The highest BCUT2D eigenvalue weighted by Gasteiger charge is 2.06. The molecular weight excluding hydrogens is 214 g/mol. The SMILES string of the molecule is Nc1ccccc1CC(=O)OCCCCl. The second kappa shape index (κ2) is 6.30. The molecule has 2 N–H and O–H groups in total. The predicted octanol–water partition coefficient (Wildman–Crippen LogP) is 1.98. The van der Waals surface area contributed by atoms with E-state index in [1.165, 1.54) is 0 Å². The Morgan fingerprint density at radius 3 is 2.80 bits per heavy atom. The highest BCUT2D eigenvalue weighted by Crippen LogP contribution is 2.11. The van der Waals surface area contributed by atoms with Crippen LogP contribution >= 0.6 is 11.6 Å².